The Kier molecular flexibility index (Phi) is 3.74. The molecular formula is C16H21N3. The van der Waals surface area contributed by atoms with Crippen LogP contribution in [0, 0.1) is 13.8 Å². The number of nitrogen functional groups attached to an aromatic ring is 1. The summed E-state index contributed by atoms with van der Waals surface area (Å²) >= 11 is 0. The van der Waals surface area contributed by atoms with Gasteiger partial charge in [-0.1, -0.05) is 25.1 Å². The van der Waals surface area contributed by atoms with E-state index in [2.05, 4.69) is 50.5 Å². The van der Waals surface area contributed by atoms with Crippen LogP contribution < -0.4 is 5.73 Å². The summed E-state index contributed by atoms with van der Waals surface area (Å²) in [5.74, 6) is 1.73. The molecular weight excluding hydrogens is 234 g/mol. The third kappa shape index (κ3) is 2.41. The molecule has 0 aliphatic carbocycles. The van der Waals surface area contributed by atoms with Crippen LogP contribution in [0.3, 0.4) is 0 Å². The largest absolute Gasteiger partial charge is 0.383 e. The second kappa shape index (κ2) is 5.31. The zero-order valence-electron chi connectivity index (χ0n) is 11.9. The Bertz CT molecular complexity index is 609. The first-order chi connectivity index (χ1) is 9.08. The number of anilines is 1. The van der Waals surface area contributed by atoms with E-state index in [9.17, 15) is 0 Å². The van der Waals surface area contributed by atoms with Crippen LogP contribution in [0.2, 0.25) is 0 Å². The van der Waals surface area contributed by atoms with E-state index >= 15 is 0 Å². The first-order valence-electron chi connectivity index (χ1n) is 6.61. The van der Waals surface area contributed by atoms with E-state index in [-0.39, 0.29) is 0 Å². The van der Waals surface area contributed by atoms with Crippen LogP contribution in [-0.4, -0.2) is 9.55 Å². The monoisotopic (exact) mass is 255 g/mol. The van der Waals surface area contributed by atoms with Crippen molar-refractivity contribution in [2.24, 2.45) is 0 Å². The summed E-state index contributed by atoms with van der Waals surface area (Å²) in [6.07, 6.45) is 2.71. The molecule has 1 heterocycles. The molecule has 0 saturated heterocycles. The van der Waals surface area contributed by atoms with Crippen LogP contribution in [0.25, 0.3) is 11.3 Å². The van der Waals surface area contributed by atoms with Crippen LogP contribution in [0.4, 0.5) is 5.82 Å². The Balaban J connectivity index is 2.55. The molecule has 0 unspecified atom stereocenters. The maximum Gasteiger partial charge on any atom is 0.132 e. The van der Waals surface area contributed by atoms with Gasteiger partial charge in [-0.15, -0.1) is 6.58 Å². The van der Waals surface area contributed by atoms with Crippen molar-refractivity contribution < 1.29 is 0 Å². The molecule has 0 radical (unpaired) electrons. The number of aryl methyl sites for hydroxylation is 3. The van der Waals surface area contributed by atoms with Crippen LogP contribution >= 0.6 is 0 Å². The third-order valence-corrected chi connectivity index (χ3v) is 3.49. The lowest BCUT2D eigenvalue weighted by atomic mass is 10.0. The number of imidazole rings is 1. The summed E-state index contributed by atoms with van der Waals surface area (Å²) in [4.78, 5) is 4.68. The molecule has 1 aromatic carbocycles. The SMILES string of the molecule is C=CCn1c(CC)nc(-c2ccc(C)c(C)c2)c1N. The molecule has 0 spiro atoms. The van der Waals surface area contributed by atoms with Crippen molar-refractivity contribution in [3.05, 3.63) is 47.8 Å². The van der Waals surface area contributed by atoms with Gasteiger partial charge in [-0.2, -0.15) is 0 Å². The minimum Gasteiger partial charge on any atom is -0.383 e. The number of hydrogen-bond donors (Lipinski definition) is 1. The summed E-state index contributed by atoms with van der Waals surface area (Å²) in [5, 5.41) is 0. The average molecular weight is 255 g/mol. The van der Waals surface area contributed by atoms with Gasteiger partial charge in [-0.05, 0) is 31.0 Å². The van der Waals surface area contributed by atoms with Gasteiger partial charge < -0.3 is 10.3 Å². The molecule has 100 valence electrons. The van der Waals surface area contributed by atoms with Gasteiger partial charge in [0.05, 0.1) is 0 Å². The molecule has 0 amide bonds. The highest BCUT2D eigenvalue weighted by atomic mass is 15.1. The predicted octanol–water partition coefficient (Wildman–Crippen LogP) is 3.50. The summed E-state index contributed by atoms with van der Waals surface area (Å²) in [5.41, 5.74) is 10.7. The van der Waals surface area contributed by atoms with Crippen molar-refractivity contribution in [1.82, 2.24) is 9.55 Å². The normalized spacial score (nSPS) is 10.7. The molecule has 0 fully saturated rings. The Labute approximate surface area is 114 Å². The number of benzene rings is 1. The maximum absolute atomic E-state index is 6.24. The van der Waals surface area contributed by atoms with E-state index in [0.717, 1.165) is 29.3 Å². The maximum atomic E-state index is 6.24. The average Bonchev–Trinajstić information content (AvgIpc) is 2.71. The number of aromatic nitrogens is 2. The smallest absolute Gasteiger partial charge is 0.132 e. The number of allylic oxidation sites excluding steroid dienone is 1. The van der Waals surface area contributed by atoms with Crippen molar-refractivity contribution in [3.63, 3.8) is 0 Å². The molecule has 0 aliphatic rings. The Morgan fingerprint density at radius 1 is 1.32 bits per heavy atom. The number of hydrogen-bond acceptors (Lipinski definition) is 2. The zero-order valence-corrected chi connectivity index (χ0v) is 11.9. The van der Waals surface area contributed by atoms with E-state index < -0.39 is 0 Å². The molecule has 0 aliphatic heterocycles. The van der Waals surface area contributed by atoms with Crippen LogP contribution in [-0.2, 0) is 13.0 Å². The van der Waals surface area contributed by atoms with Gasteiger partial charge in [-0.3, -0.25) is 0 Å². The molecule has 1 aromatic heterocycles. The van der Waals surface area contributed by atoms with Gasteiger partial charge in [0.1, 0.15) is 17.3 Å². The van der Waals surface area contributed by atoms with Crippen molar-refractivity contribution in [3.8, 4) is 11.3 Å². The van der Waals surface area contributed by atoms with Crippen molar-refractivity contribution in [2.45, 2.75) is 33.7 Å². The minimum atomic E-state index is 0.701. The fourth-order valence-corrected chi connectivity index (χ4v) is 2.22. The second-order valence-corrected chi connectivity index (χ2v) is 4.81. The first kappa shape index (κ1) is 13.4. The van der Waals surface area contributed by atoms with Gasteiger partial charge >= 0.3 is 0 Å². The van der Waals surface area contributed by atoms with Gasteiger partial charge in [0.15, 0.2) is 0 Å². The predicted molar refractivity (Wildman–Crippen MR) is 81.1 cm³/mol. The van der Waals surface area contributed by atoms with Crippen LogP contribution in [0.1, 0.15) is 23.9 Å². The lowest BCUT2D eigenvalue weighted by Gasteiger charge is -2.06. The lowest BCUT2D eigenvalue weighted by Crippen LogP contribution is -2.05. The highest BCUT2D eigenvalue weighted by Gasteiger charge is 2.14. The van der Waals surface area contributed by atoms with Crippen LogP contribution in [0.5, 0.6) is 0 Å². The molecule has 0 bridgehead atoms. The molecule has 2 rings (SSSR count). The molecule has 2 N–H and O–H groups in total. The molecule has 2 aromatic rings. The summed E-state index contributed by atoms with van der Waals surface area (Å²) in [6.45, 7) is 10.8. The van der Waals surface area contributed by atoms with Crippen molar-refractivity contribution in [1.29, 1.82) is 0 Å². The van der Waals surface area contributed by atoms with E-state index in [1.54, 1.807) is 0 Å². The van der Waals surface area contributed by atoms with Gasteiger partial charge in [0.2, 0.25) is 0 Å². The summed E-state index contributed by atoms with van der Waals surface area (Å²) in [7, 11) is 0. The van der Waals surface area contributed by atoms with Crippen LogP contribution in [0.15, 0.2) is 30.9 Å². The fourth-order valence-electron chi connectivity index (χ4n) is 2.22. The molecule has 19 heavy (non-hydrogen) atoms. The second-order valence-electron chi connectivity index (χ2n) is 4.81. The van der Waals surface area contributed by atoms with E-state index in [0.29, 0.717) is 6.54 Å². The first-order valence-corrected chi connectivity index (χ1v) is 6.61. The Morgan fingerprint density at radius 3 is 2.63 bits per heavy atom. The Morgan fingerprint density at radius 2 is 2.05 bits per heavy atom. The number of rotatable bonds is 4. The Hall–Kier alpha value is -2.03. The molecule has 0 saturated carbocycles. The van der Waals surface area contributed by atoms with Crippen molar-refractivity contribution >= 4 is 5.82 Å². The van der Waals surface area contributed by atoms with E-state index in [1.807, 2.05) is 10.6 Å². The minimum absolute atomic E-state index is 0.701. The zero-order chi connectivity index (χ0) is 14.0. The topological polar surface area (TPSA) is 43.8 Å². The lowest BCUT2D eigenvalue weighted by molar-refractivity contribution is 0.757. The number of nitrogens with two attached hydrogens (primary N) is 1. The number of nitrogens with zero attached hydrogens (tertiary/aromatic N) is 2. The third-order valence-electron chi connectivity index (χ3n) is 3.49. The van der Waals surface area contributed by atoms with E-state index in [4.69, 9.17) is 5.73 Å². The fraction of sp³-hybridized carbons (Fsp3) is 0.312. The van der Waals surface area contributed by atoms with Gasteiger partial charge in [0, 0.05) is 18.5 Å². The van der Waals surface area contributed by atoms with Crippen molar-refractivity contribution in [2.75, 3.05) is 5.73 Å². The summed E-state index contributed by atoms with van der Waals surface area (Å²) in [6, 6.07) is 6.34. The molecule has 0 atom stereocenters. The molecule has 3 heteroatoms. The standard InChI is InChI=1S/C16H21N3/c1-5-9-19-14(6-2)18-15(16(19)17)13-8-7-11(3)12(4)10-13/h5,7-8,10H,1,6,9,17H2,2-4H3. The van der Waals surface area contributed by atoms with Gasteiger partial charge in [0.25, 0.3) is 0 Å². The molecule has 3 nitrogen and oxygen atoms in total. The summed E-state index contributed by atoms with van der Waals surface area (Å²) < 4.78 is 2.03. The highest BCUT2D eigenvalue weighted by molar-refractivity contribution is 5.72. The highest BCUT2D eigenvalue weighted by Crippen LogP contribution is 2.28. The quantitative estimate of drug-likeness (QED) is 0.850. The van der Waals surface area contributed by atoms with E-state index in [1.165, 1.54) is 11.1 Å². The van der Waals surface area contributed by atoms with Gasteiger partial charge in [-0.25, -0.2) is 4.98 Å².